The van der Waals surface area contributed by atoms with Gasteiger partial charge in [-0.15, -0.1) is 5.10 Å². The second-order valence-corrected chi connectivity index (χ2v) is 3.80. The van der Waals surface area contributed by atoms with Crippen molar-refractivity contribution in [2.75, 3.05) is 5.32 Å². The Balaban J connectivity index is 2.00. The molecule has 2 aromatic heterocycles. The Morgan fingerprint density at radius 3 is 2.83 bits per heavy atom. The van der Waals surface area contributed by atoms with Crippen molar-refractivity contribution in [1.29, 1.82) is 0 Å². The van der Waals surface area contributed by atoms with Crippen LogP contribution in [0.2, 0.25) is 0 Å². The van der Waals surface area contributed by atoms with E-state index in [2.05, 4.69) is 20.5 Å². The van der Waals surface area contributed by atoms with Crippen LogP contribution in [-0.2, 0) is 4.79 Å². The van der Waals surface area contributed by atoms with Crippen LogP contribution in [0.5, 0.6) is 0 Å². The molecule has 0 fully saturated rings. The number of hydrogen-bond acceptors (Lipinski definition) is 5. The van der Waals surface area contributed by atoms with E-state index in [4.69, 9.17) is 4.42 Å². The fourth-order valence-electron chi connectivity index (χ4n) is 1.40. The summed E-state index contributed by atoms with van der Waals surface area (Å²) in [6.07, 6.45) is 5.55. The predicted molar refractivity (Wildman–Crippen MR) is 65.7 cm³/mol. The lowest BCUT2D eigenvalue weighted by Crippen LogP contribution is -2.11. The first-order chi connectivity index (χ1) is 8.79. The molecule has 6 nitrogen and oxygen atoms in total. The fraction of sp³-hybridized carbons (Fsp3) is 0.333. The van der Waals surface area contributed by atoms with Crippen molar-refractivity contribution in [3.8, 4) is 11.5 Å². The van der Waals surface area contributed by atoms with Gasteiger partial charge in [-0.25, -0.2) is 0 Å². The van der Waals surface area contributed by atoms with Gasteiger partial charge in [0, 0.05) is 24.4 Å². The van der Waals surface area contributed by atoms with Gasteiger partial charge in [0.05, 0.1) is 0 Å². The Morgan fingerprint density at radius 1 is 1.33 bits per heavy atom. The molecule has 2 heterocycles. The second kappa shape index (κ2) is 5.90. The molecule has 1 amide bonds. The van der Waals surface area contributed by atoms with E-state index in [-0.39, 0.29) is 11.9 Å². The summed E-state index contributed by atoms with van der Waals surface area (Å²) in [5, 5.41) is 10.2. The van der Waals surface area contributed by atoms with Gasteiger partial charge in [-0.2, -0.15) is 0 Å². The number of nitrogens with zero attached hydrogens (tertiary/aromatic N) is 3. The summed E-state index contributed by atoms with van der Waals surface area (Å²) in [5.74, 6) is 0.255. The highest BCUT2D eigenvalue weighted by Crippen LogP contribution is 2.18. The molecule has 0 bridgehead atoms. The summed E-state index contributed by atoms with van der Waals surface area (Å²) in [6, 6.07) is 3.65. The molecule has 2 rings (SSSR count). The minimum atomic E-state index is -0.109. The number of aromatic nitrogens is 3. The number of carbonyl (C=O) groups is 1. The molecule has 2 aromatic rings. The van der Waals surface area contributed by atoms with Gasteiger partial charge in [-0.05, 0) is 18.6 Å². The van der Waals surface area contributed by atoms with Gasteiger partial charge in [-0.1, -0.05) is 18.4 Å². The number of amides is 1. The SMILES string of the molecule is CCCCC(=O)Nc1nnc(-c2ccncc2)o1. The minimum Gasteiger partial charge on any atom is -0.403 e. The molecule has 0 unspecified atom stereocenters. The molecule has 6 heteroatoms. The summed E-state index contributed by atoms with van der Waals surface area (Å²) < 4.78 is 5.34. The lowest BCUT2D eigenvalue weighted by Gasteiger charge is -1.98. The maximum Gasteiger partial charge on any atom is 0.322 e. The Kier molecular flexibility index (Phi) is 4.01. The maximum atomic E-state index is 11.5. The van der Waals surface area contributed by atoms with E-state index >= 15 is 0 Å². The molecule has 0 aromatic carbocycles. The first-order valence-electron chi connectivity index (χ1n) is 5.83. The second-order valence-electron chi connectivity index (χ2n) is 3.80. The molecule has 0 spiro atoms. The van der Waals surface area contributed by atoms with E-state index in [9.17, 15) is 4.79 Å². The Labute approximate surface area is 104 Å². The predicted octanol–water partition coefficient (Wildman–Crippen LogP) is 2.26. The van der Waals surface area contributed by atoms with Crippen LogP contribution < -0.4 is 5.32 Å². The monoisotopic (exact) mass is 246 g/mol. The fourth-order valence-corrected chi connectivity index (χ4v) is 1.40. The molecular formula is C12H14N4O2. The van der Waals surface area contributed by atoms with Crippen LogP contribution in [-0.4, -0.2) is 21.1 Å². The third-order valence-corrected chi connectivity index (χ3v) is 2.36. The average molecular weight is 246 g/mol. The average Bonchev–Trinajstić information content (AvgIpc) is 2.86. The van der Waals surface area contributed by atoms with E-state index < -0.39 is 0 Å². The van der Waals surface area contributed by atoms with Crippen molar-refractivity contribution in [3.05, 3.63) is 24.5 Å². The van der Waals surface area contributed by atoms with Crippen LogP contribution >= 0.6 is 0 Å². The topological polar surface area (TPSA) is 80.9 Å². The third-order valence-electron chi connectivity index (χ3n) is 2.36. The smallest absolute Gasteiger partial charge is 0.322 e. The summed E-state index contributed by atoms with van der Waals surface area (Å²) in [6.45, 7) is 2.03. The first kappa shape index (κ1) is 12.2. The highest BCUT2D eigenvalue weighted by Gasteiger charge is 2.10. The molecule has 0 aliphatic heterocycles. The number of pyridine rings is 1. The summed E-state index contributed by atoms with van der Waals surface area (Å²) in [7, 11) is 0. The molecule has 0 saturated carbocycles. The van der Waals surface area contributed by atoms with Gasteiger partial charge >= 0.3 is 6.01 Å². The zero-order valence-corrected chi connectivity index (χ0v) is 10.1. The van der Waals surface area contributed by atoms with Crippen LogP contribution in [0.3, 0.4) is 0 Å². The minimum absolute atomic E-state index is 0.109. The zero-order valence-electron chi connectivity index (χ0n) is 10.1. The van der Waals surface area contributed by atoms with Crippen LogP contribution in [0.4, 0.5) is 6.01 Å². The highest BCUT2D eigenvalue weighted by molar-refractivity contribution is 5.88. The maximum absolute atomic E-state index is 11.5. The van der Waals surface area contributed by atoms with Crippen molar-refractivity contribution in [2.45, 2.75) is 26.2 Å². The van der Waals surface area contributed by atoms with E-state index in [1.807, 2.05) is 6.92 Å². The van der Waals surface area contributed by atoms with Gasteiger partial charge in [0.2, 0.25) is 11.8 Å². The molecule has 0 saturated heterocycles. The van der Waals surface area contributed by atoms with Crippen molar-refractivity contribution >= 4 is 11.9 Å². The lowest BCUT2D eigenvalue weighted by molar-refractivity contribution is -0.116. The van der Waals surface area contributed by atoms with Crippen LogP contribution in [0.25, 0.3) is 11.5 Å². The molecule has 0 aliphatic rings. The van der Waals surface area contributed by atoms with Gasteiger partial charge in [0.15, 0.2) is 0 Å². The molecule has 0 radical (unpaired) electrons. The standard InChI is InChI=1S/C12H14N4O2/c1-2-3-4-10(17)14-12-16-15-11(18-12)9-5-7-13-8-6-9/h5-8H,2-4H2,1H3,(H,14,16,17). The van der Waals surface area contributed by atoms with Crippen LogP contribution in [0.1, 0.15) is 26.2 Å². The summed E-state index contributed by atoms with van der Waals surface area (Å²) in [5.41, 5.74) is 0.770. The molecule has 94 valence electrons. The Bertz CT molecular complexity index is 510. The van der Waals surface area contributed by atoms with Gasteiger partial charge in [0.1, 0.15) is 0 Å². The van der Waals surface area contributed by atoms with E-state index in [0.29, 0.717) is 12.3 Å². The first-order valence-corrected chi connectivity index (χ1v) is 5.83. The Morgan fingerprint density at radius 2 is 2.11 bits per heavy atom. The molecule has 18 heavy (non-hydrogen) atoms. The quantitative estimate of drug-likeness (QED) is 0.875. The molecule has 1 N–H and O–H groups in total. The zero-order chi connectivity index (χ0) is 12.8. The van der Waals surface area contributed by atoms with E-state index in [1.165, 1.54) is 0 Å². The van der Waals surface area contributed by atoms with Gasteiger partial charge in [0.25, 0.3) is 0 Å². The van der Waals surface area contributed by atoms with Gasteiger partial charge < -0.3 is 4.42 Å². The number of carbonyl (C=O) groups excluding carboxylic acids is 1. The summed E-state index contributed by atoms with van der Waals surface area (Å²) >= 11 is 0. The van der Waals surface area contributed by atoms with Crippen molar-refractivity contribution < 1.29 is 9.21 Å². The largest absolute Gasteiger partial charge is 0.403 e. The van der Waals surface area contributed by atoms with Gasteiger partial charge in [-0.3, -0.25) is 15.1 Å². The highest BCUT2D eigenvalue weighted by atomic mass is 16.4. The number of anilines is 1. The Hall–Kier alpha value is -2.24. The van der Waals surface area contributed by atoms with Crippen LogP contribution in [0, 0.1) is 0 Å². The molecule has 0 aliphatic carbocycles. The van der Waals surface area contributed by atoms with E-state index in [0.717, 1.165) is 18.4 Å². The van der Waals surface area contributed by atoms with Crippen molar-refractivity contribution in [3.63, 3.8) is 0 Å². The van der Waals surface area contributed by atoms with Crippen molar-refractivity contribution in [1.82, 2.24) is 15.2 Å². The number of hydrogen-bond donors (Lipinski definition) is 1. The lowest BCUT2D eigenvalue weighted by atomic mass is 10.2. The normalized spacial score (nSPS) is 10.3. The van der Waals surface area contributed by atoms with Crippen LogP contribution in [0.15, 0.2) is 28.9 Å². The number of nitrogens with one attached hydrogen (secondary N) is 1. The summed E-state index contributed by atoms with van der Waals surface area (Å²) in [4.78, 5) is 15.4. The molecule has 0 atom stereocenters. The number of unbranched alkanes of at least 4 members (excludes halogenated alkanes) is 1. The van der Waals surface area contributed by atoms with E-state index in [1.54, 1.807) is 24.5 Å². The molecular weight excluding hydrogens is 232 g/mol. The number of rotatable bonds is 5. The van der Waals surface area contributed by atoms with Crippen molar-refractivity contribution in [2.24, 2.45) is 0 Å². The third kappa shape index (κ3) is 3.13.